The molecule has 0 amide bonds. The molecule has 0 bridgehead atoms. The molecule has 2 unspecified atom stereocenters. The minimum absolute atomic E-state index is 0.0921. The highest BCUT2D eigenvalue weighted by Crippen LogP contribution is 2.42. The van der Waals surface area contributed by atoms with Crippen LogP contribution >= 0.6 is 0 Å². The average molecular weight is 258 g/mol. The first-order valence-corrected chi connectivity index (χ1v) is 6.44. The Morgan fingerprint density at radius 2 is 2.22 bits per heavy atom. The van der Waals surface area contributed by atoms with Gasteiger partial charge in [0.15, 0.2) is 0 Å². The smallest absolute Gasteiger partial charge is 0.206 e. The van der Waals surface area contributed by atoms with Gasteiger partial charge in [-0.2, -0.15) is 0 Å². The van der Waals surface area contributed by atoms with Crippen LogP contribution in [-0.4, -0.2) is 45.0 Å². The lowest BCUT2D eigenvalue weighted by molar-refractivity contribution is -0.109. The van der Waals surface area contributed by atoms with E-state index >= 15 is 0 Å². The zero-order valence-electron chi connectivity index (χ0n) is 11.8. The van der Waals surface area contributed by atoms with Crippen LogP contribution in [0.25, 0.3) is 0 Å². The average Bonchev–Trinajstić information content (AvgIpc) is 2.35. The number of aliphatic imine (C=N–C) groups is 1. The van der Waals surface area contributed by atoms with Crippen LogP contribution < -0.4 is 16.6 Å². The van der Waals surface area contributed by atoms with E-state index in [0.29, 0.717) is 31.3 Å². The van der Waals surface area contributed by atoms with Gasteiger partial charge < -0.3 is 14.8 Å². The highest BCUT2D eigenvalue weighted by atomic mass is 16.5. The molecule has 1 aliphatic carbocycles. The van der Waals surface area contributed by atoms with E-state index in [2.05, 4.69) is 29.6 Å². The number of nitrogens with zero attached hydrogens (tertiary/aromatic N) is 1. The highest BCUT2D eigenvalue weighted by Gasteiger charge is 2.49. The molecule has 1 rings (SSSR count). The van der Waals surface area contributed by atoms with Gasteiger partial charge in [-0.25, -0.2) is 10.8 Å². The van der Waals surface area contributed by atoms with Gasteiger partial charge in [-0.05, 0) is 13.3 Å². The van der Waals surface area contributed by atoms with Crippen LogP contribution in [-0.2, 0) is 9.47 Å². The fraction of sp³-hybridized carbons (Fsp3) is 0.917. The maximum Gasteiger partial charge on any atom is 0.206 e. The minimum atomic E-state index is 0.0921. The van der Waals surface area contributed by atoms with Crippen LogP contribution in [0, 0.1) is 5.41 Å². The van der Waals surface area contributed by atoms with Gasteiger partial charge in [0.05, 0.1) is 19.3 Å². The molecule has 0 aromatic carbocycles. The number of guanidine groups is 1. The topological polar surface area (TPSA) is 80.9 Å². The molecule has 6 heteroatoms. The Hall–Kier alpha value is -0.850. The Kier molecular flexibility index (Phi) is 5.84. The number of nitrogens with one attached hydrogen (secondary N) is 2. The fourth-order valence-electron chi connectivity index (χ4n) is 2.16. The summed E-state index contributed by atoms with van der Waals surface area (Å²) in [5, 5.41) is 3.32. The molecule has 18 heavy (non-hydrogen) atoms. The third-order valence-electron chi connectivity index (χ3n) is 3.56. The summed E-state index contributed by atoms with van der Waals surface area (Å²) in [6.45, 7) is 8.34. The van der Waals surface area contributed by atoms with Crippen molar-refractivity contribution in [1.82, 2.24) is 10.7 Å². The molecule has 0 aromatic rings. The molecule has 0 spiro atoms. The number of rotatable bonds is 6. The maximum atomic E-state index is 5.69. The van der Waals surface area contributed by atoms with Gasteiger partial charge in [-0.15, -0.1) is 0 Å². The summed E-state index contributed by atoms with van der Waals surface area (Å²) < 4.78 is 10.6. The Morgan fingerprint density at radius 1 is 1.50 bits per heavy atom. The monoisotopic (exact) mass is 258 g/mol. The van der Waals surface area contributed by atoms with Gasteiger partial charge in [0, 0.05) is 25.2 Å². The molecule has 0 aromatic heterocycles. The zero-order valence-corrected chi connectivity index (χ0v) is 11.8. The van der Waals surface area contributed by atoms with Gasteiger partial charge in [0.1, 0.15) is 0 Å². The van der Waals surface area contributed by atoms with Gasteiger partial charge in [-0.3, -0.25) is 5.43 Å². The van der Waals surface area contributed by atoms with Crippen molar-refractivity contribution < 1.29 is 9.47 Å². The van der Waals surface area contributed by atoms with E-state index in [-0.39, 0.29) is 5.41 Å². The van der Waals surface area contributed by atoms with E-state index in [0.717, 1.165) is 13.0 Å². The van der Waals surface area contributed by atoms with Gasteiger partial charge in [0.25, 0.3) is 0 Å². The summed E-state index contributed by atoms with van der Waals surface area (Å²) in [5.41, 5.74) is 2.68. The second kappa shape index (κ2) is 6.92. The van der Waals surface area contributed by atoms with E-state index in [1.807, 2.05) is 6.92 Å². The van der Waals surface area contributed by atoms with Crippen LogP contribution in [0.4, 0.5) is 0 Å². The molecule has 1 aliphatic rings. The third-order valence-corrected chi connectivity index (χ3v) is 3.56. The molecule has 0 radical (unpaired) electrons. The van der Waals surface area contributed by atoms with Gasteiger partial charge >= 0.3 is 0 Å². The van der Waals surface area contributed by atoms with Crippen molar-refractivity contribution >= 4 is 5.96 Å². The van der Waals surface area contributed by atoms with E-state index in [1.165, 1.54) is 0 Å². The molecule has 0 saturated heterocycles. The molecular formula is C12H26N4O2. The summed E-state index contributed by atoms with van der Waals surface area (Å²) in [4.78, 5) is 4.29. The number of hydrazine groups is 1. The van der Waals surface area contributed by atoms with Crippen LogP contribution in [0.5, 0.6) is 0 Å². The summed E-state index contributed by atoms with van der Waals surface area (Å²) in [6.07, 6.45) is 1.28. The Labute approximate surface area is 109 Å². The molecular weight excluding hydrogens is 232 g/mol. The van der Waals surface area contributed by atoms with Crippen molar-refractivity contribution in [3.63, 3.8) is 0 Å². The summed E-state index contributed by atoms with van der Waals surface area (Å²) in [7, 11) is 1.65. The first-order chi connectivity index (χ1) is 8.56. The first kappa shape index (κ1) is 15.2. The maximum absolute atomic E-state index is 5.69. The van der Waals surface area contributed by atoms with Crippen LogP contribution in [0.2, 0.25) is 0 Å². The molecule has 1 fully saturated rings. The highest BCUT2D eigenvalue weighted by molar-refractivity contribution is 5.79. The van der Waals surface area contributed by atoms with E-state index in [1.54, 1.807) is 7.11 Å². The van der Waals surface area contributed by atoms with Crippen molar-refractivity contribution in [1.29, 1.82) is 0 Å². The summed E-state index contributed by atoms with van der Waals surface area (Å²) in [6, 6.07) is 0.325. The number of hydrogen-bond acceptors (Lipinski definition) is 4. The van der Waals surface area contributed by atoms with E-state index in [9.17, 15) is 0 Å². The Morgan fingerprint density at radius 3 is 2.72 bits per heavy atom. The largest absolute Gasteiger partial charge is 0.383 e. The van der Waals surface area contributed by atoms with Crippen molar-refractivity contribution in [3.05, 3.63) is 0 Å². The SMILES string of the molecule is CCOC1CC(NC(=NCCOC)NN)C1(C)C. The van der Waals surface area contributed by atoms with Crippen molar-refractivity contribution in [2.75, 3.05) is 26.9 Å². The number of hydrogen-bond donors (Lipinski definition) is 3. The minimum Gasteiger partial charge on any atom is -0.383 e. The lowest BCUT2D eigenvalue weighted by Gasteiger charge is -2.51. The summed E-state index contributed by atoms with van der Waals surface area (Å²) in [5.74, 6) is 6.06. The molecule has 6 nitrogen and oxygen atoms in total. The Bertz CT molecular complexity index is 281. The number of methoxy groups -OCH3 is 1. The molecule has 106 valence electrons. The Balaban J connectivity index is 2.45. The molecule has 2 atom stereocenters. The van der Waals surface area contributed by atoms with Gasteiger partial charge in [0.2, 0.25) is 5.96 Å². The third kappa shape index (κ3) is 3.57. The number of nitrogens with two attached hydrogens (primary N) is 1. The quantitative estimate of drug-likeness (QED) is 0.209. The second-order valence-corrected chi connectivity index (χ2v) is 5.07. The fourth-order valence-corrected chi connectivity index (χ4v) is 2.16. The van der Waals surface area contributed by atoms with Crippen molar-refractivity contribution in [2.24, 2.45) is 16.3 Å². The first-order valence-electron chi connectivity index (χ1n) is 6.44. The lowest BCUT2D eigenvalue weighted by Crippen LogP contribution is -2.64. The lowest BCUT2D eigenvalue weighted by atomic mass is 9.64. The number of ether oxygens (including phenoxy) is 2. The summed E-state index contributed by atoms with van der Waals surface area (Å²) >= 11 is 0. The predicted molar refractivity (Wildman–Crippen MR) is 72.2 cm³/mol. The zero-order chi connectivity index (χ0) is 13.6. The van der Waals surface area contributed by atoms with Crippen LogP contribution in [0.15, 0.2) is 4.99 Å². The van der Waals surface area contributed by atoms with Crippen molar-refractivity contribution in [2.45, 2.75) is 39.3 Å². The molecule has 0 heterocycles. The van der Waals surface area contributed by atoms with Gasteiger partial charge in [-0.1, -0.05) is 13.8 Å². The standard InChI is InChI=1S/C12H26N4O2/c1-5-18-10-8-9(12(10,2)3)15-11(16-13)14-6-7-17-4/h9-10H,5-8,13H2,1-4H3,(H2,14,15,16). The normalized spacial score (nSPS) is 26.6. The predicted octanol–water partition coefficient (Wildman–Crippen LogP) is 0.245. The van der Waals surface area contributed by atoms with E-state index < -0.39 is 0 Å². The molecule has 0 aliphatic heterocycles. The van der Waals surface area contributed by atoms with Crippen LogP contribution in [0.1, 0.15) is 27.2 Å². The molecule has 1 saturated carbocycles. The molecule has 4 N–H and O–H groups in total. The van der Waals surface area contributed by atoms with E-state index in [4.69, 9.17) is 15.3 Å². The van der Waals surface area contributed by atoms with Crippen LogP contribution in [0.3, 0.4) is 0 Å². The second-order valence-electron chi connectivity index (χ2n) is 5.07. The van der Waals surface area contributed by atoms with Crippen molar-refractivity contribution in [3.8, 4) is 0 Å².